The summed E-state index contributed by atoms with van der Waals surface area (Å²) in [5.74, 6) is -0.919. The molecule has 2 aromatic carbocycles. The Kier molecular flexibility index (Phi) is 12.5. The van der Waals surface area contributed by atoms with E-state index in [1.165, 1.54) is 12.1 Å². The molecule has 0 fully saturated rings. The number of hydrogen-bond acceptors (Lipinski definition) is 6. The van der Waals surface area contributed by atoms with Crippen molar-refractivity contribution in [3.05, 3.63) is 63.1 Å². The highest BCUT2D eigenvalue weighted by molar-refractivity contribution is 6.35. The summed E-state index contributed by atoms with van der Waals surface area (Å²) in [6.45, 7) is 3.18. The van der Waals surface area contributed by atoms with Crippen molar-refractivity contribution in [2.75, 3.05) is 32.9 Å². The molecule has 182 valence electrons. The quantitative estimate of drug-likeness (QED) is 0.257. The first kappa shape index (κ1) is 27.4. The molecule has 9 heteroatoms. The number of rotatable bonds is 16. The van der Waals surface area contributed by atoms with Crippen LogP contribution in [0.5, 0.6) is 5.75 Å². The number of unbranched alkanes of at least 4 members (excludes halogenated alkanes) is 3. The summed E-state index contributed by atoms with van der Waals surface area (Å²) in [6.07, 6.45) is 3.28. The highest BCUT2D eigenvalue weighted by Gasteiger charge is 2.13. The molecule has 7 nitrogen and oxygen atoms in total. The fourth-order valence-corrected chi connectivity index (χ4v) is 3.69. The monoisotopic (exact) mass is 498 g/mol. The van der Waals surface area contributed by atoms with Gasteiger partial charge in [-0.25, -0.2) is 0 Å². The van der Waals surface area contributed by atoms with Crippen LogP contribution in [-0.4, -0.2) is 49.0 Å². The number of aromatic hydroxyl groups is 1. The van der Waals surface area contributed by atoms with E-state index in [1.807, 2.05) is 0 Å². The van der Waals surface area contributed by atoms with Crippen molar-refractivity contribution >= 4 is 29.1 Å². The number of nitrogens with one attached hydrogen (secondary N) is 1. The Morgan fingerprint density at radius 3 is 2.42 bits per heavy atom. The summed E-state index contributed by atoms with van der Waals surface area (Å²) in [4.78, 5) is 11.3. The Morgan fingerprint density at radius 1 is 1.00 bits per heavy atom. The minimum atomic E-state index is -0.784. The number of primary amides is 1. The molecule has 33 heavy (non-hydrogen) atoms. The second kappa shape index (κ2) is 15.1. The van der Waals surface area contributed by atoms with Gasteiger partial charge in [-0.15, -0.1) is 0 Å². The van der Waals surface area contributed by atoms with Gasteiger partial charge in [0.2, 0.25) is 0 Å². The zero-order valence-corrected chi connectivity index (χ0v) is 20.1. The number of aliphatic hydroxyl groups excluding tert-OH is 1. The maximum absolute atomic E-state index is 11.3. The lowest BCUT2D eigenvalue weighted by Crippen LogP contribution is -2.23. The Balaban J connectivity index is 1.44. The minimum absolute atomic E-state index is 0.00493. The minimum Gasteiger partial charge on any atom is -0.507 e. The maximum atomic E-state index is 11.3. The number of halogens is 2. The first-order valence-corrected chi connectivity index (χ1v) is 11.8. The van der Waals surface area contributed by atoms with E-state index >= 15 is 0 Å². The summed E-state index contributed by atoms with van der Waals surface area (Å²) in [5.41, 5.74) is 6.54. The van der Waals surface area contributed by atoms with Gasteiger partial charge in [-0.05, 0) is 49.2 Å². The molecule has 1 amide bonds. The molecule has 0 aliphatic rings. The van der Waals surface area contributed by atoms with Crippen LogP contribution in [0, 0.1) is 0 Å². The van der Waals surface area contributed by atoms with Gasteiger partial charge in [0.25, 0.3) is 5.91 Å². The second-order valence-electron chi connectivity index (χ2n) is 7.64. The highest BCUT2D eigenvalue weighted by atomic mass is 35.5. The van der Waals surface area contributed by atoms with E-state index in [0.717, 1.165) is 37.8 Å². The number of amides is 1. The third-order valence-corrected chi connectivity index (χ3v) is 5.79. The molecule has 0 saturated carbocycles. The zero-order valence-electron chi connectivity index (χ0n) is 18.6. The first-order valence-electron chi connectivity index (χ1n) is 11.0. The fraction of sp³-hybridized carbons (Fsp3) is 0.458. The number of carbonyl (C=O) groups is 1. The van der Waals surface area contributed by atoms with Gasteiger partial charge in [0.15, 0.2) is 0 Å². The zero-order chi connectivity index (χ0) is 24.1. The van der Waals surface area contributed by atoms with Crippen LogP contribution in [0.3, 0.4) is 0 Å². The molecule has 0 saturated heterocycles. The molecule has 0 aliphatic carbocycles. The Hall–Kier alpha value is -1.87. The number of aliphatic hydroxyl groups is 1. The van der Waals surface area contributed by atoms with Crippen LogP contribution in [0.25, 0.3) is 0 Å². The predicted octanol–water partition coefficient (Wildman–Crippen LogP) is 4.21. The van der Waals surface area contributed by atoms with Gasteiger partial charge in [-0.1, -0.05) is 48.2 Å². The van der Waals surface area contributed by atoms with Gasteiger partial charge in [-0.3, -0.25) is 4.79 Å². The molecule has 5 N–H and O–H groups in total. The number of carbonyl (C=O) groups excluding carboxylic acids is 1. The normalized spacial score (nSPS) is 12.1. The van der Waals surface area contributed by atoms with Gasteiger partial charge in [0.1, 0.15) is 5.75 Å². The lowest BCUT2D eigenvalue weighted by atomic mass is 10.0. The molecule has 1 atom stereocenters. The topological polar surface area (TPSA) is 114 Å². The molecule has 0 radical (unpaired) electrons. The van der Waals surface area contributed by atoms with Crippen LogP contribution in [0.1, 0.15) is 53.3 Å². The van der Waals surface area contributed by atoms with Crippen molar-refractivity contribution in [2.24, 2.45) is 5.73 Å². The molecule has 0 bridgehead atoms. The van der Waals surface area contributed by atoms with Crippen LogP contribution >= 0.6 is 23.2 Å². The molecule has 0 unspecified atom stereocenters. The van der Waals surface area contributed by atoms with E-state index in [-0.39, 0.29) is 11.3 Å². The van der Waals surface area contributed by atoms with Gasteiger partial charge >= 0.3 is 0 Å². The molecular formula is C24H32Cl2N2O5. The van der Waals surface area contributed by atoms with Gasteiger partial charge < -0.3 is 30.7 Å². The molecule has 2 aromatic rings. The average Bonchev–Trinajstić information content (AvgIpc) is 2.78. The molecule has 0 spiro atoms. The molecule has 2 rings (SSSR count). The summed E-state index contributed by atoms with van der Waals surface area (Å²) in [7, 11) is 0. The number of hydrogen-bond donors (Lipinski definition) is 4. The SMILES string of the molecule is NC(=O)c1cc([C@@H](O)CNCCCCCCOCCOCc2c(Cl)cccc2Cl)ccc1O. The van der Waals surface area contributed by atoms with Crippen LogP contribution in [0.2, 0.25) is 10.0 Å². The largest absolute Gasteiger partial charge is 0.507 e. The third-order valence-electron chi connectivity index (χ3n) is 5.08. The second-order valence-corrected chi connectivity index (χ2v) is 8.45. The summed E-state index contributed by atoms with van der Waals surface area (Å²) >= 11 is 12.2. The lowest BCUT2D eigenvalue weighted by Gasteiger charge is -2.13. The highest BCUT2D eigenvalue weighted by Crippen LogP contribution is 2.25. The van der Waals surface area contributed by atoms with Crippen LogP contribution in [0.15, 0.2) is 36.4 Å². The molecule has 0 aliphatic heterocycles. The standard InChI is InChI=1S/C24H32Cl2N2O5/c25-20-6-5-7-21(26)19(20)16-33-13-12-32-11-4-2-1-3-10-28-15-23(30)17-8-9-22(29)18(14-17)24(27)31/h5-9,14,23,28-30H,1-4,10-13,15-16H2,(H2,27,31)/t23-/m0/s1. The van der Waals surface area contributed by atoms with E-state index in [9.17, 15) is 15.0 Å². The van der Waals surface area contributed by atoms with Crippen molar-refractivity contribution in [1.82, 2.24) is 5.32 Å². The Bertz CT molecular complexity index is 862. The van der Waals surface area contributed by atoms with E-state index in [4.69, 9.17) is 38.4 Å². The van der Waals surface area contributed by atoms with Crippen LogP contribution in [0.4, 0.5) is 0 Å². The van der Waals surface area contributed by atoms with Gasteiger partial charge in [-0.2, -0.15) is 0 Å². The fourth-order valence-electron chi connectivity index (χ4n) is 3.19. The lowest BCUT2D eigenvalue weighted by molar-refractivity contribution is 0.0393. The van der Waals surface area contributed by atoms with Gasteiger partial charge in [0.05, 0.1) is 31.5 Å². The number of nitrogens with two attached hydrogens (primary N) is 1. The van der Waals surface area contributed by atoms with Crippen molar-refractivity contribution < 1.29 is 24.5 Å². The van der Waals surface area contributed by atoms with E-state index in [0.29, 0.717) is 48.6 Å². The van der Waals surface area contributed by atoms with Crippen molar-refractivity contribution in [3.8, 4) is 5.75 Å². The number of ether oxygens (including phenoxy) is 2. The molecule has 0 aromatic heterocycles. The van der Waals surface area contributed by atoms with Gasteiger partial charge in [0, 0.05) is 28.8 Å². The van der Waals surface area contributed by atoms with E-state index < -0.39 is 12.0 Å². The van der Waals surface area contributed by atoms with Crippen LogP contribution in [-0.2, 0) is 16.1 Å². The summed E-state index contributed by atoms with van der Waals surface area (Å²) < 4.78 is 11.2. The smallest absolute Gasteiger partial charge is 0.252 e. The van der Waals surface area contributed by atoms with E-state index in [2.05, 4.69) is 5.32 Å². The summed E-state index contributed by atoms with van der Waals surface area (Å²) in [5, 5.41) is 24.3. The number of phenols is 1. The van der Waals surface area contributed by atoms with Crippen molar-refractivity contribution in [1.29, 1.82) is 0 Å². The first-order chi connectivity index (χ1) is 15.9. The van der Waals surface area contributed by atoms with E-state index in [1.54, 1.807) is 24.3 Å². The Morgan fingerprint density at radius 2 is 1.70 bits per heavy atom. The Labute approximate surface area is 204 Å². The van der Waals surface area contributed by atoms with Crippen LogP contribution < -0.4 is 11.1 Å². The average molecular weight is 499 g/mol. The van der Waals surface area contributed by atoms with Crippen molar-refractivity contribution in [2.45, 2.75) is 38.4 Å². The van der Waals surface area contributed by atoms with Crippen molar-refractivity contribution in [3.63, 3.8) is 0 Å². The summed E-state index contributed by atoms with van der Waals surface area (Å²) in [6, 6.07) is 9.73. The molecule has 0 heterocycles. The predicted molar refractivity (Wildman–Crippen MR) is 130 cm³/mol. The number of benzene rings is 2. The molecular weight excluding hydrogens is 467 g/mol. The third kappa shape index (κ3) is 9.88. The maximum Gasteiger partial charge on any atom is 0.252 e.